The van der Waals surface area contributed by atoms with Crippen molar-refractivity contribution >= 4 is 22.1 Å². The molecule has 0 atom stereocenters. The first-order valence-electron chi connectivity index (χ1n) is 6.00. The maximum atomic E-state index is 12.0. The van der Waals surface area contributed by atoms with Crippen LogP contribution in [0.4, 0.5) is 0 Å². The standard InChI is InChI=1S/C14H13NO5S/c16-14(17)8-5-11-3-6-13(7-4-11)21(18,19)15-10-12-2-1-9-20-12/h1-9,15H,10H2,(H,16,17). The van der Waals surface area contributed by atoms with Crippen LogP contribution < -0.4 is 4.72 Å². The predicted molar refractivity (Wildman–Crippen MR) is 75.8 cm³/mol. The molecule has 1 aromatic carbocycles. The number of carboxylic acids is 1. The van der Waals surface area contributed by atoms with Crippen molar-refractivity contribution in [3.63, 3.8) is 0 Å². The Kier molecular flexibility index (Phi) is 4.56. The second-order valence-corrected chi connectivity index (χ2v) is 5.91. The number of rotatable bonds is 6. The summed E-state index contributed by atoms with van der Waals surface area (Å²) in [4.78, 5) is 10.5. The number of sulfonamides is 1. The molecule has 110 valence electrons. The number of carbonyl (C=O) groups is 1. The van der Waals surface area contributed by atoms with Crippen LogP contribution in [0.25, 0.3) is 6.08 Å². The lowest BCUT2D eigenvalue weighted by Gasteiger charge is -2.05. The molecule has 1 aromatic heterocycles. The Labute approximate surface area is 121 Å². The third-order valence-electron chi connectivity index (χ3n) is 2.63. The van der Waals surface area contributed by atoms with Gasteiger partial charge >= 0.3 is 5.97 Å². The number of carboxylic acid groups (broad SMARTS) is 1. The Morgan fingerprint density at radius 2 is 1.95 bits per heavy atom. The summed E-state index contributed by atoms with van der Waals surface area (Å²) in [5.41, 5.74) is 0.599. The lowest BCUT2D eigenvalue weighted by molar-refractivity contribution is -0.131. The zero-order valence-corrected chi connectivity index (χ0v) is 11.7. The third kappa shape index (κ3) is 4.30. The molecule has 0 aliphatic carbocycles. The SMILES string of the molecule is O=C(O)C=Cc1ccc(S(=O)(=O)NCc2ccco2)cc1. The van der Waals surface area contributed by atoms with Gasteiger partial charge in [0.15, 0.2) is 0 Å². The van der Waals surface area contributed by atoms with Crippen LogP contribution in [0.2, 0.25) is 0 Å². The molecule has 2 aromatic rings. The Bertz CT molecular complexity index is 730. The Morgan fingerprint density at radius 1 is 1.24 bits per heavy atom. The van der Waals surface area contributed by atoms with E-state index in [-0.39, 0.29) is 11.4 Å². The summed E-state index contributed by atoms with van der Waals surface area (Å²) < 4.78 is 31.5. The molecule has 2 N–H and O–H groups in total. The monoisotopic (exact) mass is 307 g/mol. The van der Waals surface area contributed by atoms with Gasteiger partial charge in [-0.3, -0.25) is 0 Å². The quantitative estimate of drug-likeness (QED) is 0.794. The smallest absolute Gasteiger partial charge is 0.328 e. The van der Waals surface area contributed by atoms with E-state index < -0.39 is 16.0 Å². The van der Waals surface area contributed by atoms with Gasteiger partial charge in [0, 0.05) is 6.08 Å². The average molecular weight is 307 g/mol. The van der Waals surface area contributed by atoms with Crippen molar-refractivity contribution in [2.45, 2.75) is 11.4 Å². The van der Waals surface area contributed by atoms with E-state index in [1.54, 1.807) is 12.1 Å². The van der Waals surface area contributed by atoms with Crippen molar-refractivity contribution in [2.75, 3.05) is 0 Å². The number of nitrogens with one attached hydrogen (secondary N) is 1. The van der Waals surface area contributed by atoms with Crippen molar-refractivity contribution in [1.29, 1.82) is 0 Å². The van der Waals surface area contributed by atoms with Crippen LogP contribution in [0.1, 0.15) is 11.3 Å². The van der Waals surface area contributed by atoms with Crippen LogP contribution in [0.15, 0.2) is 58.1 Å². The fourth-order valence-corrected chi connectivity index (χ4v) is 2.58. The zero-order valence-electron chi connectivity index (χ0n) is 10.9. The van der Waals surface area contributed by atoms with E-state index in [1.807, 2.05) is 0 Å². The van der Waals surface area contributed by atoms with Crippen LogP contribution >= 0.6 is 0 Å². The van der Waals surface area contributed by atoms with Gasteiger partial charge in [-0.05, 0) is 35.9 Å². The number of aliphatic carboxylic acids is 1. The molecule has 0 saturated carbocycles. The Balaban J connectivity index is 2.08. The molecule has 1 heterocycles. The summed E-state index contributed by atoms with van der Waals surface area (Å²) in [7, 11) is -3.63. The largest absolute Gasteiger partial charge is 0.478 e. The molecule has 6 nitrogen and oxygen atoms in total. The first-order valence-corrected chi connectivity index (χ1v) is 7.49. The summed E-state index contributed by atoms with van der Waals surface area (Å²) in [5.74, 6) is -0.550. The van der Waals surface area contributed by atoms with Crippen LogP contribution in [0.3, 0.4) is 0 Å². The minimum absolute atomic E-state index is 0.0655. The van der Waals surface area contributed by atoms with Gasteiger partial charge in [0.25, 0.3) is 0 Å². The topological polar surface area (TPSA) is 96.6 Å². The third-order valence-corrected chi connectivity index (χ3v) is 4.04. The normalized spacial score (nSPS) is 11.8. The predicted octanol–water partition coefficient (Wildman–Crippen LogP) is 1.86. The molecule has 7 heteroatoms. The van der Waals surface area contributed by atoms with Crippen molar-refractivity contribution in [3.05, 3.63) is 60.1 Å². The average Bonchev–Trinajstić information content (AvgIpc) is 2.97. The van der Waals surface area contributed by atoms with Crippen molar-refractivity contribution in [2.24, 2.45) is 0 Å². The molecule has 21 heavy (non-hydrogen) atoms. The second kappa shape index (κ2) is 6.38. The highest BCUT2D eigenvalue weighted by molar-refractivity contribution is 7.89. The molecule has 0 unspecified atom stereocenters. The van der Waals surface area contributed by atoms with Crippen molar-refractivity contribution < 1.29 is 22.7 Å². The zero-order chi connectivity index (χ0) is 15.3. The lowest BCUT2D eigenvalue weighted by Crippen LogP contribution is -2.22. The molecule has 0 aliphatic heterocycles. The second-order valence-electron chi connectivity index (χ2n) is 4.14. The fraction of sp³-hybridized carbons (Fsp3) is 0.0714. The molecule has 0 spiro atoms. The van der Waals surface area contributed by atoms with Crippen LogP contribution in [-0.4, -0.2) is 19.5 Å². The summed E-state index contributed by atoms with van der Waals surface area (Å²) in [6.45, 7) is 0.0655. The summed E-state index contributed by atoms with van der Waals surface area (Å²) in [5, 5.41) is 8.52. The van der Waals surface area contributed by atoms with E-state index in [4.69, 9.17) is 9.52 Å². The van der Waals surface area contributed by atoms with Crippen molar-refractivity contribution in [3.8, 4) is 0 Å². The van der Waals surface area contributed by atoms with Gasteiger partial charge in [-0.1, -0.05) is 12.1 Å². The molecule has 0 radical (unpaired) electrons. The highest BCUT2D eigenvalue weighted by Crippen LogP contribution is 2.12. The minimum Gasteiger partial charge on any atom is -0.478 e. The van der Waals surface area contributed by atoms with E-state index >= 15 is 0 Å². The highest BCUT2D eigenvalue weighted by Gasteiger charge is 2.13. The number of hydrogen-bond donors (Lipinski definition) is 2. The molecular weight excluding hydrogens is 294 g/mol. The van der Waals surface area contributed by atoms with Gasteiger partial charge in [0.1, 0.15) is 5.76 Å². The number of hydrogen-bond acceptors (Lipinski definition) is 4. The maximum Gasteiger partial charge on any atom is 0.328 e. The van der Waals surface area contributed by atoms with Gasteiger partial charge in [0.05, 0.1) is 17.7 Å². The van der Waals surface area contributed by atoms with E-state index in [0.717, 1.165) is 6.08 Å². The van der Waals surface area contributed by atoms with E-state index in [2.05, 4.69) is 4.72 Å². The van der Waals surface area contributed by atoms with Crippen LogP contribution in [0.5, 0.6) is 0 Å². The highest BCUT2D eigenvalue weighted by atomic mass is 32.2. The van der Waals surface area contributed by atoms with Crippen molar-refractivity contribution in [1.82, 2.24) is 4.72 Å². The molecule has 0 saturated heterocycles. The first kappa shape index (κ1) is 15.0. The lowest BCUT2D eigenvalue weighted by atomic mass is 10.2. The molecule has 0 amide bonds. The molecule has 2 rings (SSSR count). The van der Waals surface area contributed by atoms with Gasteiger partial charge in [-0.15, -0.1) is 0 Å². The maximum absolute atomic E-state index is 12.0. The summed E-state index contributed by atoms with van der Waals surface area (Å²) >= 11 is 0. The first-order chi connectivity index (χ1) is 9.97. The number of benzene rings is 1. The molecule has 0 aliphatic rings. The summed E-state index contributed by atoms with van der Waals surface area (Å²) in [6.07, 6.45) is 3.83. The Morgan fingerprint density at radius 3 is 2.52 bits per heavy atom. The van der Waals surface area contributed by atoms with Crippen LogP contribution in [0, 0.1) is 0 Å². The van der Waals surface area contributed by atoms with Gasteiger partial charge in [-0.25, -0.2) is 17.9 Å². The van der Waals surface area contributed by atoms with E-state index in [0.29, 0.717) is 11.3 Å². The van der Waals surface area contributed by atoms with Gasteiger partial charge in [-0.2, -0.15) is 0 Å². The van der Waals surface area contributed by atoms with E-state index in [9.17, 15) is 13.2 Å². The Hall–Kier alpha value is -2.38. The van der Waals surface area contributed by atoms with Crippen LogP contribution in [-0.2, 0) is 21.4 Å². The summed E-state index contributed by atoms with van der Waals surface area (Å²) in [6, 6.07) is 9.22. The molecule has 0 bridgehead atoms. The van der Waals surface area contributed by atoms with E-state index in [1.165, 1.54) is 36.6 Å². The number of furan rings is 1. The van der Waals surface area contributed by atoms with Gasteiger partial charge in [0.2, 0.25) is 10.0 Å². The minimum atomic E-state index is -3.63. The fourth-order valence-electron chi connectivity index (χ4n) is 1.59. The molecule has 0 fully saturated rings. The van der Waals surface area contributed by atoms with Gasteiger partial charge < -0.3 is 9.52 Å². The molecular formula is C14H13NO5S.